The van der Waals surface area contributed by atoms with E-state index in [-0.39, 0.29) is 0 Å². The second kappa shape index (κ2) is 4.14. The number of aromatic amines is 1. The Morgan fingerprint density at radius 3 is 2.50 bits per heavy atom. The van der Waals surface area contributed by atoms with Gasteiger partial charge < -0.3 is 4.98 Å². The van der Waals surface area contributed by atoms with E-state index in [0.717, 1.165) is 33.0 Å². The van der Waals surface area contributed by atoms with Gasteiger partial charge >= 0.3 is 0 Å². The Morgan fingerprint density at radius 2 is 1.72 bits per heavy atom. The Labute approximate surface area is 111 Å². The molecule has 0 bridgehead atoms. The first-order chi connectivity index (χ1) is 8.63. The molecule has 3 rings (SSSR count). The zero-order valence-electron chi connectivity index (χ0n) is 10.3. The van der Waals surface area contributed by atoms with Gasteiger partial charge in [-0.15, -0.1) is 0 Å². The maximum atomic E-state index is 6.26. The van der Waals surface area contributed by atoms with Crippen molar-refractivity contribution in [2.75, 3.05) is 0 Å². The summed E-state index contributed by atoms with van der Waals surface area (Å²) in [5, 5.41) is 0.728. The number of nitrogens with zero attached hydrogens (tertiary/aromatic N) is 1. The van der Waals surface area contributed by atoms with E-state index in [2.05, 4.69) is 29.0 Å². The van der Waals surface area contributed by atoms with Crippen LogP contribution in [0.2, 0.25) is 5.02 Å². The van der Waals surface area contributed by atoms with Gasteiger partial charge in [-0.3, -0.25) is 0 Å². The maximum absolute atomic E-state index is 6.26. The normalized spacial score (nSPS) is 11.1. The number of benzene rings is 2. The van der Waals surface area contributed by atoms with Gasteiger partial charge in [0.15, 0.2) is 0 Å². The maximum Gasteiger partial charge on any atom is 0.139 e. The molecule has 0 aliphatic rings. The lowest BCUT2D eigenvalue weighted by Crippen LogP contribution is -1.83. The van der Waals surface area contributed by atoms with Gasteiger partial charge in [0.2, 0.25) is 0 Å². The van der Waals surface area contributed by atoms with Crippen molar-refractivity contribution in [3.63, 3.8) is 0 Å². The van der Waals surface area contributed by atoms with Gasteiger partial charge in [0, 0.05) is 5.56 Å². The number of hydrogen-bond acceptors (Lipinski definition) is 1. The second-order valence-electron chi connectivity index (χ2n) is 4.59. The summed E-state index contributed by atoms with van der Waals surface area (Å²) in [6.07, 6.45) is 0. The van der Waals surface area contributed by atoms with Crippen LogP contribution in [-0.4, -0.2) is 9.97 Å². The van der Waals surface area contributed by atoms with E-state index >= 15 is 0 Å². The van der Waals surface area contributed by atoms with E-state index in [1.807, 2.05) is 31.2 Å². The Bertz CT molecular complexity index is 728. The van der Waals surface area contributed by atoms with Crippen LogP contribution in [0.1, 0.15) is 11.1 Å². The first-order valence-corrected chi connectivity index (χ1v) is 6.24. The van der Waals surface area contributed by atoms with Crippen molar-refractivity contribution in [1.29, 1.82) is 0 Å². The van der Waals surface area contributed by atoms with Crippen LogP contribution in [0.3, 0.4) is 0 Å². The average Bonchev–Trinajstić information content (AvgIpc) is 2.71. The van der Waals surface area contributed by atoms with E-state index in [9.17, 15) is 0 Å². The Balaban J connectivity index is 2.19. The SMILES string of the molecule is Cc1ccc(-c2nc3ccc(C)cc3[nH]2)c(Cl)c1. The van der Waals surface area contributed by atoms with E-state index in [4.69, 9.17) is 11.6 Å². The monoisotopic (exact) mass is 256 g/mol. The quantitative estimate of drug-likeness (QED) is 0.682. The van der Waals surface area contributed by atoms with Crippen LogP contribution < -0.4 is 0 Å². The van der Waals surface area contributed by atoms with Crippen molar-refractivity contribution < 1.29 is 0 Å². The molecule has 90 valence electrons. The summed E-state index contributed by atoms with van der Waals surface area (Å²) in [5.41, 5.74) is 5.31. The molecule has 0 atom stereocenters. The van der Waals surface area contributed by atoms with Crippen LogP contribution in [-0.2, 0) is 0 Å². The number of hydrogen-bond donors (Lipinski definition) is 1. The van der Waals surface area contributed by atoms with Crippen molar-refractivity contribution in [1.82, 2.24) is 9.97 Å². The number of rotatable bonds is 1. The van der Waals surface area contributed by atoms with Gasteiger partial charge in [-0.25, -0.2) is 4.98 Å². The number of aryl methyl sites for hydroxylation is 2. The number of H-pyrrole nitrogens is 1. The molecule has 0 aliphatic heterocycles. The third kappa shape index (κ3) is 1.89. The lowest BCUT2D eigenvalue weighted by molar-refractivity contribution is 1.33. The molecule has 3 heteroatoms. The largest absolute Gasteiger partial charge is 0.338 e. The third-order valence-corrected chi connectivity index (χ3v) is 3.33. The Kier molecular flexibility index (Phi) is 2.60. The smallest absolute Gasteiger partial charge is 0.139 e. The van der Waals surface area contributed by atoms with Crippen LogP contribution in [0.15, 0.2) is 36.4 Å². The molecule has 0 spiro atoms. The fourth-order valence-electron chi connectivity index (χ4n) is 2.06. The lowest BCUT2D eigenvalue weighted by Gasteiger charge is -2.01. The minimum atomic E-state index is 0.728. The van der Waals surface area contributed by atoms with E-state index in [1.165, 1.54) is 5.56 Å². The first-order valence-electron chi connectivity index (χ1n) is 5.86. The molecule has 0 aliphatic carbocycles. The second-order valence-corrected chi connectivity index (χ2v) is 5.00. The highest BCUT2D eigenvalue weighted by molar-refractivity contribution is 6.33. The molecule has 1 N–H and O–H groups in total. The van der Waals surface area contributed by atoms with E-state index < -0.39 is 0 Å². The number of fused-ring (bicyclic) bond motifs is 1. The van der Waals surface area contributed by atoms with Gasteiger partial charge in [-0.2, -0.15) is 0 Å². The highest BCUT2D eigenvalue weighted by Gasteiger charge is 2.08. The van der Waals surface area contributed by atoms with Gasteiger partial charge in [0.1, 0.15) is 5.82 Å². The highest BCUT2D eigenvalue weighted by Crippen LogP contribution is 2.28. The Morgan fingerprint density at radius 1 is 1.00 bits per heavy atom. The molecule has 2 nitrogen and oxygen atoms in total. The molecule has 0 unspecified atom stereocenters. The predicted molar refractivity (Wildman–Crippen MR) is 76.0 cm³/mol. The minimum absolute atomic E-state index is 0.728. The zero-order chi connectivity index (χ0) is 12.7. The van der Waals surface area contributed by atoms with Crippen LogP contribution in [0, 0.1) is 13.8 Å². The molecule has 2 aromatic carbocycles. The number of nitrogens with one attached hydrogen (secondary N) is 1. The van der Waals surface area contributed by atoms with Crippen LogP contribution in [0.4, 0.5) is 0 Å². The molecule has 0 amide bonds. The van der Waals surface area contributed by atoms with Crippen molar-refractivity contribution in [3.05, 3.63) is 52.5 Å². The van der Waals surface area contributed by atoms with Gasteiger partial charge in [0.05, 0.1) is 16.1 Å². The molecule has 18 heavy (non-hydrogen) atoms. The van der Waals surface area contributed by atoms with Crippen molar-refractivity contribution in [2.24, 2.45) is 0 Å². The molecule has 0 saturated heterocycles. The molecular weight excluding hydrogens is 244 g/mol. The summed E-state index contributed by atoms with van der Waals surface area (Å²) in [6.45, 7) is 4.09. The van der Waals surface area contributed by atoms with Crippen molar-refractivity contribution in [2.45, 2.75) is 13.8 Å². The van der Waals surface area contributed by atoms with Gasteiger partial charge in [0.25, 0.3) is 0 Å². The molecular formula is C15H13ClN2. The summed E-state index contributed by atoms with van der Waals surface area (Å²) in [5.74, 6) is 0.820. The average molecular weight is 257 g/mol. The standard InChI is InChI=1S/C15H13ClN2/c1-9-3-5-11(12(16)7-9)15-17-13-6-4-10(2)8-14(13)18-15/h3-8H,1-2H3,(H,17,18). The minimum Gasteiger partial charge on any atom is -0.338 e. The van der Waals surface area contributed by atoms with E-state index in [1.54, 1.807) is 0 Å². The lowest BCUT2D eigenvalue weighted by atomic mass is 10.1. The summed E-state index contributed by atoms with van der Waals surface area (Å²) < 4.78 is 0. The molecule has 1 heterocycles. The van der Waals surface area contributed by atoms with Crippen LogP contribution in [0.5, 0.6) is 0 Å². The molecule has 0 fully saturated rings. The fourth-order valence-corrected chi connectivity index (χ4v) is 2.39. The number of aromatic nitrogens is 2. The third-order valence-electron chi connectivity index (χ3n) is 3.02. The summed E-state index contributed by atoms with van der Waals surface area (Å²) in [7, 11) is 0. The van der Waals surface area contributed by atoms with E-state index in [0.29, 0.717) is 0 Å². The summed E-state index contributed by atoms with van der Waals surface area (Å²) >= 11 is 6.26. The van der Waals surface area contributed by atoms with Crippen molar-refractivity contribution in [3.8, 4) is 11.4 Å². The Hall–Kier alpha value is -1.80. The fraction of sp³-hybridized carbons (Fsp3) is 0.133. The molecule has 0 radical (unpaired) electrons. The topological polar surface area (TPSA) is 28.7 Å². The molecule has 3 aromatic rings. The molecule has 0 saturated carbocycles. The van der Waals surface area contributed by atoms with Gasteiger partial charge in [-0.05, 0) is 49.2 Å². The number of imidazole rings is 1. The zero-order valence-corrected chi connectivity index (χ0v) is 11.0. The summed E-state index contributed by atoms with van der Waals surface area (Å²) in [4.78, 5) is 7.89. The highest BCUT2D eigenvalue weighted by atomic mass is 35.5. The summed E-state index contributed by atoms with van der Waals surface area (Å²) in [6, 6.07) is 12.2. The van der Waals surface area contributed by atoms with Crippen molar-refractivity contribution >= 4 is 22.6 Å². The number of halogens is 1. The van der Waals surface area contributed by atoms with Crippen LogP contribution >= 0.6 is 11.6 Å². The van der Waals surface area contributed by atoms with Crippen LogP contribution in [0.25, 0.3) is 22.4 Å². The predicted octanol–water partition coefficient (Wildman–Crippen LogP) is 4.50. The first kappa shape index (κ1) is 11.3. The molecule has 1 aromatic heterocycles. The van der Waals surface area contributed by atoms with Gasteiger partial charge in [-0.1, -0.05) is 23.7 Å².